The number of hydrogen-bond acceptors (Lipinski definition) is 7. The number of nitro groups is 1. The fourth-order valence-corrected chi connectivity index (χ4v) is 5.38. The van der Waals surface area contributed by atoms with Crippen molar-refractivity contribution in [2.75, 3.05) is 24.2 Å². The van der Waals surface area contributed by atoms with E-state index in [1.807, 2.05) is 0 Å². The maximum absolute atomic E-state index is 13.7. The average molecular weight is 547 g/mol. The van der Waals surface area contributed by atoms with Crippen molar-refractivity contribution in [1.29, 1.82) is 0 Å². The molecule has 1 aliphatic carbocycles. The predicted molar refractivity (Wildman–Crippen MR) is 143 cm³/mol. The molecule has 1 fully saturated rings. The molecule has 1 aliphatic rings. The molecule has 2 amide bonds. The largest absolute Gasteiger partial charge is 0.497 e. The number of benzene rings is 2. The molecule has 0 saturated heterocycles. The van der Waals surface area contributed by atoms with Crippen LogP contribution in [0.4, 0.5) is 11.4 Å². The monoisotopic (exact) mass is 546 g/mol. The predicted octanol–water partition coefficient (Wildman–Crippen LogP) is 3.15. The number of nitrogens with one attached hydrogen (secondary N) is 1. The second-order valence-corrected chi connectivity index (χ2v) is 11.4. The van der Waals surface area contributed by atoms with Crippen molar-refractivity contribution in [3.8, 4) is 5.75 Å². The number of hydrogen-bond donors (Lipinski definition) is 1. The first-order chi connectivity index (χ1) is 17.9. The second-order valence-electron chi connectivity index (χ2n) is 9.53. The zero-order chi connectivity index (χ0) is 28.0. The van der Waals surface area contributed by atoms with Crippen molar-refractivity contribution in [2.24, 2.45) is 0 Å². The smallest absolute Gasteiger partial charge is 0.271 e. The molecule has 206 valence electrons. The Kier molecular flexibility index (Phi) is 9.31. The van der Waals surface area contributed by atoms with E-state index in [9.17, 15) is 28.1 Å². The molecule has 38 heavy (non-hydrogen) atoms. The topological polar surface area (TPSA) is 139 Å². The van der Waals surface area contributed by atoms with Crippen LogP contribution in [0.15, 0.2) is 42.5 Å². The molecule has 0 bridgehead atoms. The quantitative estimate of drug-likeness (QED) is 0.337. The van der Waals surface area contributed by atoms with Crippen LogP contribution in [0.1, 0.15) is 43.7 Å². The molecule has 1 N–H and O–H groups in total. The fourth-order valence-electron chi connectivity index (χ4n) is 4.48. The average Bonchev–Trinajstić information content (AvgIpc) is 3.38. The van der Waals surface area contributed by atoms with Gasteiger partial charge in [0.15, 0.2) is 0 Å². The first kappa shape index (κ1) is 28.9. The number of non-ortho nitro benzene ring substituents is 1. The van der Waals surface area contributed by atoms with Crippen LogP contribution >= 0.6 is 0 Å². The maximum atomic E-state index is 13.7. The lowest BCUT2D eigenvalue weighted by Gasteiger charge is -2.32. The summed E-state index contributed by atoms with van der Waals surface area (Å²) in [7, 11) is -2.47. The van der Waals surface area contributed by atoms with Crippen LogP contribution in [-0.4, -0.2) is 62.0 Å². The van der Waals surface area contributed by atoms with Crippen LogP contribution in [0.3, 0.4) is 0 Å². The molecule has 1 atom stereocenters. The highest BCUT2D eigenvalue weighted by molar-refractivity contribution is 7.92. The Morgan fingerprint density at radius 1 is 1.16 bits per heavy atom. The SMILES string of the molecule is COc1ccc(CN(C(=O)CN(c2cc([N+](=O)[O-])ccc2C)S(C)(=O)=O)[C@@H](C)C(=O)NC2CCCC2)cc1. The van der Waals surface area contributed by atoms with Crippen LogP contribution in [0.5, 0.6) is 5.75 Å². The Bertz CT molecular complexity index is 1280. The van der Waals surface area contributed by atoms with E-state index in [4.69, 9.17) is 4.74 Å². The summed E-state index contributed by atoms with van der Waals surface area (Å²) < 4.78 is 31.6. The number of nitrogens with zero attached hydrogens (tertiary/aromatic N) is 3. The minimum Gasteiger partial charge on any atom is -0.497 e. The minimum absolute atomic E-state index is 0.0301. The van der Waals surface area contributed by atoms with Gasteiger partial charge in [-0.15, -0.1) is 0 Å². The molecule has 1 saturated carbocycles. The van der Waals surface area contributed by atoms with Crippen molar-refractivity contribution >= 4 is 33.2 Å². The minimum atomic E-state index is -4.01. The molecular weight excluding hydrogens is 512 g/mol. The normalized spacial score (nSPS) is 14.5. The third-order valence-corrected chi connectivity index (χ3v) is 7.86. The number of rotatable bonds is 11. The molecular formula is C26H34N4O7S. The van der Waals surface area contributed by atoms with Gasteiger partial charge in [0.05, 0.1) is 24.0 Å². The van der Waals surface area contributed by atoms with Gasteiger partial charge in [-0.1, -0.05) is 31.0 Å². The lowest BCUT2D eigenvalue weighted by Crippen LogP contribution is -2.52. The van der Waals surface area contributed by atoms with E-state index in [2.05, 4.69) is 5.32 Å². The van der Waals surface area contributed by atoms with E-state index >= 15 is 0 Å². The summed E-state index contributed by atoms with van der Waals surface area (Å²) in [6.07, 6.45) is 4.74. The molecule has 0 heterocycles. The molecule has 0 aromatic heterocycles. The summed E-state index contributed by atoms with van der Waals surface area (Å²) in [5.41, 5.74) is 0.897. The zero-order valence-electron chi connectivity index (χ0n) is 22.0. The number of nitro benzene ring substituents is 1. The van der Waals surface area contributed by atoms with E-state index in [1.165, 1.54) is 24.1 Å². The summed E-state index contributed by atoms with van der Waals surface area (Å²) in [6.45, 7) is 2.63. The summed E-state index contributed by atoms with van der Waals surface area (Å²) in [5, 5.41) is 14.3. The van der Waals surface area contributed by atoms with Gasteiger partial charge in [0, 0.05) is 24.7 Å². The summed E-state index contributed by atoms with van der Waals surface area (Å²) in [4.78, 5) is 38.9. The number of aryl methyl sites for hydroxylation is 1. The fraction of sp³-hybridized carbons (Fsp3) is 0.462. The van der Waals surface area contributed by atoms with Crippen LogP contribution in [0.2, 0.25) is 0 Å². The Morgan fingerprint density at radius 3 is 2.34 bits per heavy atom. The van der Waals surface area contributed by atoms with Crippen molar-refractivity contribution < 1.29 is 27.7 Å². The molecule has 3 rings (SSSR count). The third-order valence-electron chi connectivity index (χ3n) is 6.73. The number of amides is 2. The molecule has 0 spiro atoms. The Morgan fingerprint density at radius 2 is 1.79 bits per heavy atom. The first-order valence-electron chi connectivity index (χ1n) is 12.4. The molecule has 0 radical (unpaired) electrons. The van der Waals surface area contributed by atoms with Crippen LogP contribution in [0, 0.1) is 17.0 Å². The lowest BCUT2D eigenvalue weighted by atomic mass is 10.1. The molecule has 0 aliphatic heterocycles. The van der Waals surface area contributed by atoms with Crippen LogP contribution < -0.4 is 14.4 Å². The van der Waals surface area contributed by atoms with E-state index in [-0.39, 0.29) is 29.9 Å². The summed E-state index contributed by atoms with van der Waals surface area (Å²) >= 11 is 0. The Balaban J connectivity index is 1.94. The molecule has 0 unspecified atom stereocenters. The number of carbonyl (C=O) groups is 2. The standard InChI is InChI=1S/C26H34N4O7S/c1-18-9-12-22(30(33)34)15-24(18)29(38(4,35)36)17-25(31)28(16-20-10-13-23(37-3)14-11-20)19(2)26(32)27-21-7-5-6-8-21/h9-15,19,21H,5-8,16-17H2,1-4H3,(H,27,32)/t19-/m0/s1. The van der Waals surface area contributed by atoms with Gasteiger partial charge >= 0.3 is 0 Å². The van der Waals surface area contributed by atoms with Gasteiger partial charge < -0.3 is 15.0 Å². The van der Waals surface area contributed by atoms with E-state index < -0.39 is 33.4 Å². The maximum Gasteiger partial charge on any atom is 0.271 e. The molecule has 2 aromatic rings. The van der Waals surface area contributed by atoms with Gasteiger partial charge in [-0.25, -0.2) is 8.42 Å². The van der Waals surface area contributed by atoms with Gasteiger partial charge in [-0.2, -0.15) is 0 Å². The van der Waals surface area contributed by atoms with Gasteiger partial charge in [0.2, 0.25) is 21.8 Å². The van der Waals surface area contributed by atoms with Gasteiger partial charge in [-0.3, -0.25) is 24.0 Å². The van der Waals surface area contributed by atoms with Crippen molar-refractivity contribution in [3.63, 3.8) is 0 Å². The van der Waals surface area contributed by atoms with E-state index in [1.54, 1.807) is 38.1 Å². The number of anilines is 1. The third kappa shape index (κ3) is 7.21. The first-order valence-corrected chi connectivity index (χ1v) is 14.2. The highest BCUT2D eigenvalue weighted by atomic mass is 32.2. The highest BCUT2D eigenvalue weighted by Gasteiger charge is 2.32. The summed E-state index contributed by atoms with van der Waals surface area (Å²) in [5.74, 6) is -0.314. The van der Waals surface area contributed by atoms with Crippen LogP contribution in [0.25, 0.3) is 0 Å². The molecule has 2 aromatic carbocycles. The number of ether oxygens (including phenoxy) is 1. The Hall–Kier alpha value is -3.67. The van der Waals surface area contributed by atoms with E-state index in [0.29, 0.717) is 11.3 Å². The highest BCUT2D eigenvalue weighted by Crippen LogP contribution is 2.28. The Labute approximate surface area is 223 Å². The number of sulfonamides is 1. The lowest BCUT2D eigenvalue weighted by molar-refractivity contribution is -0.384. The van der Waals surface area contributed by atoms with Crippen molar-refractivity contribution in [1.82, 2.24) is 10.2 Å². The number of methoxy groups -OCH3 is 1. The second kappa shape index (κ2) is 12.2. The zero-order valence-corrected chi connectivity index (χ0v) is 22.9. The van der Waals surface area contributed by atoms with Crippen molar-refractivity contribution in [2.45, 2.75) is 58.2 Å². The van der Waals surface area contributed by atoms with Gasteiger partial charge in [-0.05, 0) is 49.9 Å². The molecule has 12 heteroatoms. The number of carbonyl (C=O) groups excluding carboxylic acids is 2. The molecule has 11 nitrogen and oxygen atoms in total. The van der Waals surface area contributed by atoms with Crippen molar-refractivity contribution in [3.05, 3.63) is 63.7 Å². The van der Waals surface area contributed by atoms with E-state index in [0.717, 1.165) is 47.9 Å². The van der Waals surface area contributed by atoms with Gasteiger partial charge in [0.1, 0.15) is 18.3 Å². The summed E-state index contributed by atoms with van der Waals surface area (Å²) in [6, 6.07) is 9.98. The van der Waals surface area contributed by atoms with Crippen LogP contribution in [-0.2, 0) is 26.2 Å². The van der Waals surface area contributed by atoms with Gasteiger partial charge in [0.25, 0.3) is 5.69 Å².